The van der Waals surface area contributed by atoms with Gasteiger partial charge in [-0.1, -0.05) is 12.6 Å². The second kappa shape index (κ2) is 9.05. The van der Waals surface area contributed by atoms with Crippen molar-refractivity contribution in [1.82, 2.24) is 29.9 Å². The molecule has 35 heavy (non-hydrogen) atoms. The number of likely N-dealkylation sites (tertiary alicyclic amines) is 1. The first-order valence-corrected chi connectivity index (χ1v) is 11.3. The van der Waals surface area contributed by atoms with E-state index in [1.807, 2.05) is 43.3 Å². The summed E-state index contributed by atoms with van der Waals surface area (Å²) in [6.45, 7) is 6.62. The third-order valence-corrected chi connectivity index (χ3v) is 6.12. The highest BCUT2D eigenvalue weighted by molar-refractivity contribution is 5.99. The third-order valence-electron chi connectivity index (χ3n) is 6.12. The molecule has 10 heteroatoms. The van der Waals surface area contributed by atoms with Gasteiger partial charge in [0.15, 0.2) is 5.82 Å². The quantitative estimate of drug-likeness (QED) is 0.427. The maximum atomic E-state index is 12.8. The fourth-order valence-electron chi connectivity index (χ4n) is 4.38. The van der Waals surface area contributed by atoms with Gasteiger partial charge in [-0.05, 0) is 55.7 Å². The molecule has 0 spiro atoms. The highest BCUT2D eigenvalue weighted by Crippen LogP contribution is 2.34. The monoisotopic (exact) mass is 471 g/mol. The molecule has 1 atom stereocenters. The number of nitrogen functional groups attached to an aromatic ring is 1. The van der Waals surface area contributed by atoms with Gasteiger partial charge in [0, 0.05) is 30.9 Å². The van der Waals surface area contributed by atoms with Crippen molar-refractivity contribution in [2.45, 2.75) is 25.8 Å². The van der Waals surface area contributed by atoms with Gasteiger partial charge in [-0.15, -0.1) is 0 Å². The molecule has 3 aromatic heterocycles. The summed E-state index contributed by atoms with van der Waals surface area (Å²) >= 11 is 0. The summed E-state index contributed by atoms with van der Waals surface area (Å²) in [6, 6.07) is 10.9. The van der Waals surface area contributed by atoms with Gasteiger partial charge in [-0.3, -0.25) is 14.3 Å². The Morgan fingerprint density at radius 3 is 2.77 bits per heavy atom. The number of carbonyl (C=O) groups excluding carboxylic acids is 1. The van der Waals surface area contributed by atoms with E-state index in [1.165, 1.54) is 6.08 Å². The molecule has 4 aromatic rings. The summed E-state index contributed by atoms with van der Waals surface area (Å²) in [7, 11) is 0. The number of hydrogen-bond donors (Lipinski definition) is 2. The molecule has 0 radical (unpaired) electrons. The van der Waals surface area contributed by atoms with Crippen molar-refractivity contribution in [3.63, 3.8) is 0 Å². The first-order valence-electron chi connectivity index (χ1n) is 11.3. The Hall–Kier alpha value is -4.47. The zero-order valence-electron chi connectivity index (χ0n) is 19.3. The maximum Gasteiger partial charge on any atom is 0.290 e. The number of nitrogens with two attached hydrogens (primary N) is 1. The fraction of sp³-hybridized carbons (Fsp3) is 0.240. The number of nitrogens with zero attached hydrogens (tertiary/aromatic N) is 5. The Morgan fingerprint density at radius 2 is 2.06 bits per heavy atom. The van der Waals surface area contributed by atoms with Crippen LogP contribution in [0.2, 0.25) is 0 Å². The number of nitrogens with one attached hydrogen (secondary N) is 1. The van der Waals surface area contributed by atoms with Gasteiger partial charge in [-0.25, -0.2) is 10.1 Å². The summed E-state index contributed by atoms with van der Waals surface area (Å²) in [5.41, 5.74) is 8.51. The van der Waals surface area contributed by atoms with Crippen LogP contribution in [0.1, 0.15) is 24.4 Å². The van der Waals surface area contributed by atoms with E-state index < -0.39 is 0 Å². The molecule has 178 valence electrons. The van der Waals surface area contributed by atoms with Crippen LogP contribution in [-0.4, -0.2) is 48.9 Å². The molecule has 1 amide bonds. The Bertz CT molecular complexity index is 1460. The third kappa shape index (κ3) is 4.25. The zero-order valence-corrected chi connectivity index (χ0v) is 19.3. The number of rotatable bonds is 5. The van der Waals surface area contributed by atoms with Crippen LogP contribution in [0.5, 0.6) is 11.6 Å². The SMILES string of the molecule is C=CC(=O)N1CCCC(n2nc(-c3ccc(Oc4ccc(C)cn4)cc3)c3c(N)n[nH]c(=O)c32)C1. The molecule has 0 saturated carbocycles. The lowest BCUT2D eigenvalue weighted by Crippen LogP contribution is -2.40. The number of aromatic nitrogens is 5. The first kappa shape index (κ1) is 22.3. The molecule has 10 nitrogen and oxygen atoms in total. The number of hydrogen-bond acceptors (Lipinski definition) is 7. The number of aryl methyl sites for hydroxylation is 1. The van der Waals surface area contributed by atoms with Crippen LogP contribution < -0.4 is 16.0 Å². The van der Waals surface area contributed by atoms with Crippen LogP contribution >= 0.6 is 0 Å². The van der Waals surface area contributed by atoms with Gasteiger partial charge >= 0.3 is 0 Å². The minimum atomic E-state index is -0.384. The van der Waals surface area contributed by atoms with Crippen LogP contribution in [0.15, 0.2) is 60.0 Å². The molecular weight excluding hydrogens is 446 g/mol. The maximum absolute atomic E-state index is 12.8. The largest absolute Gasteiger partial charge is 0.439 e. The molecular formula is C25H25N7O3. The predicted octanol–water partition coefficient (Wildman–Crippen LogP) is 3.21. The smallest absolute Gasteiger partial charge is 0.290 e. The Morgan fingerprint density at radius 1 is 1.26 bits per heavy atom. The molecule has 1 aliphatic rings. The Balaban J connectivity index is 1.53. The number of pyridine rings is 1. The first-order chi connectivity index (χ1) is 16.9. The highest BCUT2D eigenvalue weighted by Gasteiger charge is 2.28. The average molecular weight is 472 g/mol. The van der Waals surface area contributed by atoms with E-state index in [2.05, 4.69) is 21.8 Å². The fourth-order valence-corrected chi connectivity index (χ4v) is 4.38. The van der Waals surface area contributed by atoms with Gasteiger partial charge in [0.2, 0.25) is 11.8 Å². The second-order valence-electron chi connectivity index (χ2n) is 8.54. The molecule has 0 aliphatic carbocycles. The number of amides is 1. The summed E-state index contributed by atoms with van der Waals surface area (Å²) in [4.78, 5) is 31.0. The number of H-pyrrole nitrogens is 1. The molecule has 1 saturated heterocycles. The van der Waals surface area contributed by atoms with Gasteiger partial charge in [0.05, 0.1) is 11.4 Å². The predicted molar refractivity (Wildman–Crippen MR) is 132 cm³/mol. The van der Waals surface area contributed by atoms with Crippen molar-refractivity contribution in [2.24, 2.45) is 0 Å². The summed E-state index contributed by atoms with van der Waals surface area (Å²) in [6.07, 6.45) is 4.61. The van der Waals surface area contributed by atoms with Crippen molar-refractivity contribution in [1.29, 1.82) is 0 Å². The van der Waals surface area contributed by atoms with Gasteiger partial charge in [0.1, 0.15) is 17.0 Å². The van der Waals surface area contributed by atoms with Crippen LogP contribution in [0.25, 0.3) is 22.2 Å². The number of anilines is 1. The molecule has 0 bridgehead atoms. The molecule has 3 N–H and O–H groups in total. The minimum absolute atomic E-state index is 0.139. The van der Waals surface area contributed by atoms with Crippen molar-refractivity contribution < 1.29 is 9.53 Å². The van der Waals surface area contributed by atoms with Gasteiger partial charge in [-0.2, -0.15) is 10.2 Å². The topological polar surface area (TPSA) is 132 Å². The lowest BCUT2D eigenvalue weighted by molar-refractivity contribution is -0.127. The van der Waals surface area contributed by atoms with Crippen LogP contribution in [0.4, 0.5) is 5.82 Å². The van der Waals surface area contributed by atoms with Gasteiger partial charge in [0.25, 0.3) is 5.56 Å². The number of carbonyl (C=O) groups is 1. The van der Waals surface area contributed by atoms with E-state index in [1.54, 1.807) is 15.8 Å². The van der Waals surface area contributed by atoms with Crippen LogP contribution in [0, 0.1) is 6.92 Å². The minimum Gasteiger partial charge on any atom is -0.439 e. The lowest BCUT2D eigenvalue weighted by atomic mass is 10.1. The van der Waals surface area contributed by atoms with Crippen LogP contribution in [-0.2, 0) is 4.79 Å². The zero-order chi connectivity index (χ0) is 24.5. The number of benzene rings is 1. The van der Waals surface area contributed by atoms with Crippen molar-refractivity contribution in [3.05, 3.63) is 71.2 Å². The number of aromatic amines is 1. The second-order valence-corrected chi connectivity index (χ2v) is 8.54. The Labute approximate surface area is 201 Å². The average Bonchev–Trinajstić information content (AvgIpc) is 3.30. The van der Waals surface area contributed by atoms with E-state index in [4.69, 9.17) is 15.6 Å². The van der Waals surface area contributed by atoms with E-state index in [-0.39, 0.29) is 23.3 Å². The van der Waals surface area contributed by atoms with E-state index in [0.717, 1.165) is 24.0 Å². The number of fused-ring (bicyclic) bond motifs is 1. The normalized spacial score (nSPS) is 15.8. The molecule has 1 fully saturated rings. The summed E-state index contributed by atoms with van der Waals surface area (Å²) in [5.74, 6) is 1.15. The lowest BCUT2D eigenvalue weighted by Gasteiger charge is -2.32. The standard InChI is InChI=1S/C25H25N7O3/c1-3-20(33)31-12-4-5-17(14-31)32-23-21(24(26)28-29-25(23)34)22(30-32)16-7-9-18(10-8-16)35-19-11-6-15(2)13-27-19/h3,6-11,13,17H,1,4-5,12,14H2,2H3,(H2,26,28)(H,29,34). The number of piperidine rings is 1. The van der Waals surface area contributed by atoms with Crippen molar-refractivity contribution in [3.8, 4) is 22.9 Å². The molecule has 4 heterocycles. The van der Waals surface area contributed by atoms with Crippen molar-refractivity contribution >= 4 is 22.6 Å². The molecule has 1 aliphatic heterocycles. The Kier molecular flexibility index (Phi) is 5.77. The van der Waals surface area contributed by atoms with E-state index in [0.29, 0.717) is 41.3 Å². The van der Waals surface area contributed by atoms with Crippen LogP contribution in [0.3, 0.4) is 0 Å². The van der Waals surface area contributed by atoms with E-state index in [9.17, 15) is 9.59 Å². The highest BCUT2D eigenvalue weighted by atomic mass is 16.5. The van der Waals surface area contributed by atoms with Gasteiger partial charge < -0.3 is 15.4 Å². The molecule has 1 aromatic carbocycles. The van der Waals surface area contributed by atoms with Crippen molar-refractivity contribution in [2.75, 3.05) is 18.8 Å². The summed E-state index contributed by atoms with van der Waals surface area (Å²) < 4.78 is 7.51. The van der Waals surface area contributed by atoms with E-state index >= 15 is 0 Å². The molecule has 1 unspecified atom stereocenters. The summed E-state index contributed by atoms with van der Waals surface area (Å²) in [5, 5.41) is 11.7. The molecule has 5 rings (SSSR count). The number of ether oxygens (including phenoxy) is 1.